The van der Waals surface area contributed by atoms with Crippen LogP contribution in [0, 0.1) is 6.92 Å². The first-order chi connectivity index (χ1) is 12.2. The average Bonchev–Trinajstić information content (AvgIpc) is 3.29. The van der Waals surface area contributed by atoms with E-state index < -0.39 is 0 Å². The molecule has 1 aromatic carbocycles. The van der Waals surface area contributed by atoms with Gasteiger partial charge in [0, 0.05) is 18.6 Å². The number of hydrogen-bond acceptors (Lipinski definition) is 7. The van der Waals surface area contributed by atoms with Gasteiger partial charge in [-0.3, -0.25) is 0 Å². The minimum absolute atomic E-state index is 0.101. The van der Waals surface area contributed by atoms with Gasteiger partial charge in [0.25, 0.3) is 5.78 Å². The molecule has 0 aliphatic carbocycles. The van der Waals surface area contributed by atoms with Gasteiger partial charge >= 0.3 is 0 Å². The van der Waals surface area contributed by atoms with E-state index in [4.69, 9.17) is 4.52 Å². The van der Waals surface area contributed by atoms with E-state index >= 15 is 0 Å². The number of hydrogen-bond donors (Lipinski definition) is 1. The van der Waals surface area contributed by atoms with Crippen LogP contribution < -0.4 is 5.32 Å². The Hall–Kier alpha value is -3.29. The topological polar surface area (TPSA) is 94.0 Å². The lowest BCUT2D eigenvalue weighted by Crippen LogP contribution is -2.15. The van der Waals surface area contributed by atoms with E-state index in [0.29, 0.717) is 17.5 Å². The van der Waals surface area contributed by atoms with Gasteiger partial charge in [0.1, 0.15) is 12.1 Å². The quantitative estimate of drug-likeness (QED) is 0.599. The highest BCUT2D eigenvalue weighted by Gasteiger charge is 2.18. The van der Waals surface area contributed by atoms with Gasteiger partial charge < -0.3 is 9.84 Å². The van der Waals surface area contributed by atoms with Gasteiger partial charge in [0.2, 0.25) is 5.89 Å². The third-order valence-electron chi connectivity index (χ3n) is 3.91. The molecule has 0 bridgehead atoms. The number of nitrogens with one attached hydrogen (secondary N) is 1. The van der Waals surface area contributed by atoms with Crippen LogP contribution in [0.2, 0.25) is 0 Å². The summed E-state index contributed by atoms with van der Waals surface area (Å²) in [6.45, 7) is 3.83. The van der Waals surface area contributed by atoms with E-state index in [1.165, 1.54) is 6.33 Å². The Balaban J connectivity index is 1.76. The molecule has 3 aromatic heterocycles. The van der Waals surface area contributed by atoms with Crippen LogP contribution in [0.4, 0.5) is 5.82 Å². The third-order valence-corrected chi connectivity index (χ3v) is 3.91. The molecular weight excluding hydrogens is 318 g/mol. The molecule has 4 rings (SSSR count). The summed E-state index contributed by atoms with van der Waals surface area (Å²) in [5.41, 5.74) is 1.84. The van der Waals surface area contributed by atoms with E-state index in [-0.39, 0.29) is 6.04 Å². The van der Waals surface area contributed by atoms with Crippen LogP contribution >= 0.6 is 0 Å². The Labute approximate surface area is 143 Å². The molecule has 0 amide bonds. The second kappa shape index (κ2) is 6.31. The molecule has 0 radical (unpaired) electrons. The summed E-state index contributed by atoms with van der Waals surface area (Å²) in [5.74, 6) is 2.46. The molecule has 0 aliphatic heterocycles. The zero-order valence-corrected chi connectivity index (χ0v) is 13.9. The number of aromatic nitrogens is 6. The van der Waals surface area contributed by atoms with Crippen molar-refractivity contribution in [1.82, 2.24) is 29.7 Å². The van der Waals surface area contributed by atoms with E-state index in [1.807, 2.05) is 36.4 Å². The fourth-order valence-electron chi connectivity index (χ4n) is 2.66. The highest BCUT2D eigenvalue weighted by Crippen LogP contribution is 2.25. The molecule has 0 aliphatic rings. The fourth-order valence-corrected chi connectivity index (χ4v) is 2.66. The first kappa shape index (κ1) is 15.3. The van der Waals surface area contributed by atoms with Crippen molar-refractivity contribution >= 4 is 11.6 Å². The molecular formula is C17H17N7O. The summed E-state index contributed by atoms with van der Waals surface area (Å²) in [7, 11) is 0. The van der Waals surface area contributed by atoms with Crippen LogP contribution in [0.25, 0.3) is 17.0 Å². The second-order valence-electron chi connectivity index (χ2n) is 5.64. The molecule has 1 atom stereocenters. The lowest BCUT2D eigenvalue weighted by Gasteiger charge is -2.16. The minimum Gasteiger partial charge on any atom is -0.360 e. The molecule has 0 spiro atoms. The summed E-state index contributed by atoms with van der Waals surface area (Å²) in [6.07, 6.45) is 2.28. The van der Waals surface area contributed by atoms with Crippen molar-refractivity contribution in [2.24, 2.45) is 0 Å². The summed E-state index contributed by atoms with van der Waals surface area (Å²) >= 11 is 0. The average molecular weight is 335 g/mol. The molecule has 3 heterocycles. The lowest BCUT2D eigenvalue weighted by atomic mass is 10.1. The van der Waals surface area contributed by atoms with Crippen LogP contribution in [0.1, 0.15) is 31.1 Å². The molecule has 0 saturated carbocycles. The van der Waals surface area contributed by atoms with E-state index in [0.717, 1.165) is 23.5 Å². The fraction of sp³-hybridized carbons (Fsp3) is 0.235. The Morgan fingerprint density at radius 1 is 1.20 bits per heavy atom. The van der Waals surface area contributed by atoms with Crippen LogP contribution in [-0.4, -0.2) is 29.7 Å². The number of benzene rings is 1. The molecule has 126 valence electrons. The van der Waals surface area contributed by atoms with Gasteiger partial charge in [0.15, 0.2) is 5.82 Å². The van der Waals surface area contributed by atoms with Gasteiger partial charge in [0.05, 0.1) is 11.7 Å². The van der Waals surface area contributed by atoms with E-state index in [9.17, 15) is 0 Å². The van der Waals surface area contributed by atoms with Crippen LogP contribution in [0.3, 0.4) is 0 Å². The van der Waals surface area contributed by atoms with Crippen LogP contribution in [0.15, 0.2) is 47.2 Å². The zero-order valence-electron chi connectivity index (χ0n) is 13.9. The van der Waals surface area contributed by atoms with Gasteiger partial charge in [-0.2, -0.15) is 19.6 Å². The maximum atomic E-state index is 5.10. The summed E-state index contributed by atoms with van der Waals surface area (Å²) in [5, 5.41) is 11.7. The second-order valence-corrected chi connectivity index (χ2v) is 5.64. The Bertz CT molecular complexity index is 993. The zero-order chi connectivity index (χ0) is 17.2. The van der Waals surface area contributed by atoms with Gasteiger partial charge in [-0.1, -0.05) is 42.4 Å². The number of nitrogens with zero attached hydrogens (tertiary/aromatic N) is 6. The van der Waals surface area contributed by atoms with Crippen molar-refractivity contribution in [3.63, 3.8) is 0 Å². The van der Waals surface area contributed by atoms with Crippen molar-refractivity contribution in [1.29, 1.82) is 0 Å². The SMILES string of the molecule is CCC(Nc1cc(-c2ccccc2)nc2ncnn12)c1noc(C)n1. The lowest BCUT2D eigenvalue weighted by molar-refractivity contribution is 0.384. The van der Waals surface area contributed by atoms with E-state index in [2.05, 4.69) is 37.4 Å². The van der Waals surface area contributed by atoms with Crippen LogP contribution in [-0.2, 0) is 0 Å². The van der Waals surface area contributed by atoms with Gasteiger partial charge in [-0.25, -0.2) is 4.98 Å². The monoisotopic (exact) mass is 335 g/mol. The van der Waals surface area contributed by atoms with Crippen molar-refractivity contribution in [2.75, 3.05) is 5.32 Å². The largest absolute Gasteiger partial charge is 0.360 e. The number of fused-ring (bicyclic) bond motifs is 1. The number of anilines is 1. The molecule has 8 heteroatoms. The molecule has 25 heavy (non-hydrogen) atoms. The Morgan fingerprint density at radius 2 is 2.04 bits per heavy atom. The summed E-state index contributed by atoms with van der Waals surface area (Å²) < 4.78 is 6.77. The van der Waals surface area contributed by atoms with Crippen molar-refractivity contribution < 1.29 is 4.52 Å². The molecule has 0 fully saturated rings. The number of rotatable bonds is 5. The maximum Gasteiger partial charge on any atom is 0.254 e. The smallest absolute Gasteiger partial charge is 0.254 e. The van der Waals surface area contributed by atoms with Gasteiger partial charge in [-0.15, -0.1) is 0 Å². The van der Waals surface area contributed by atoms with Crippen LogP contribution in [0.5, 0.6) is 0 Å². The molecule has 1 N–H and O–H groups in total. The highest BCUT2D eigenvalue weighted by molar-refractivity contribution is 5.65. The predicted octanol–water partition coefficient (Wildman–Crippen LogP) is 3.05. The first-order valence-corrected chi connectivity index (χ1v) is 8.07. The molecule has 1 unspecified atom stereocenters. The minimum atomic E-state index is -0.101. The van der Waals surface area contributed by atoms with Crippen molar-refractivity contribution in [3.8, 4) is 11.3 Å². The molecule has 4 aromatic rings. The standard InChI is InChI=1S/C17H17N7O/c1-3-13(16-20-11(2)25-23-16)21-15-9-14(12-7-5-4-6-8-12)22-17-18-10-19-24(15)17/h4-10,13,21H,3H2,1-2H3. The van der Waals surface area contributed by atoms with Crippen molar-refractivity contribution in [3.05, 3.63) is 54.4 Å². The Kier molecular flexibility index (Phi) is 3.85. The summed E-state index contributed by atoms with van der Waals surface area (Å²) in [4.78, 5) is 13.1. The maximum absolute atomic E-state index is 5.10. The summed E-state index contributed by atoms with van der Waals surface area (Å²) in [6, 6.07) is 11.8. The third kappa shape index (κ3) is 2.93. The van der Waals surface area contributed by atoms with Gasteiger partial charge in [-0.05, 0) is 6.42 Å². The van der Waals surface area contributed by atoms with E-state index in [1.54, 1.807) is 11.4 Å². The Morgan fingerprint density at radius 3 is 2.76 bits per heavy atom. The van der Waals surface area contributed by atoms with Crippen molar-refractivity contribution in [2.45, 2.75) is 26.3 Å². The normalized spacial score (nSPS) is 12.4. The first-order valence-electron chi connectivity index (χ1n) is 8.07. The molecule has 0 saturated heterocycles. The highest BCUT2D eigenvalue weighted by atomic mass is 16.5. The predicted molar refractivity (Wildman–Crippen MR) is 91.9 cm³/mol. The molecule has 8 nitrogen and oxygen atoms in total. The number of aryl methyl sites for hydroxylation is 1.